The van der Waals surface area contributed by atoms with Gasteiger partial charge in [-0.25, -0.2) is 9.97 Å². The van der Waals surface area contributed by atoms with E-state index in [1.165, 1.54) is 44.1 Å². The van der Waals surface area contributed by atoms with Crippen LogP contribution < -0.4 is 0 Å². The van der Waals surface area contributed by atoms with E-state index in [0.29, 0.717) is 0 Å². The smallest absolute Gasteiger partial charge is 0.159 e. The highest BCUT2D eigenvalue weighted by atomic mass is 15.0. The van der Waals surface area contributed by atoms with Gasteiger partial charge in [0.15, 0.2) is 5.82 Å². The van der Waals surface area contributed by atoms with Crippen LogP contribution in [-0.4, -0.2) is 14.5 Å². The quantitative estimate of drug-likeness (QED) is 0.185. The Kier molecular flexibility index (Phi) is 6.75. The minimum absolute atomic E-state index is 0.109. The first kappa shape index (κ1) is 29.6. The number of fused-ring (bicyclic) bond motifs is 6. The van der Waals surface area contributed by atoms with Crippen molar-refractivity contribution in [1.29, 1.82) is 0 Å². The number of hydrogen-bond acceptors (Lipinski definition) is 2. The van der Waals surface area contributed by atoms with Crippen LogP contribution in [0.4, 0.5) is 0 Å². The lowest BCUT2D eigenvalue weighted by molar-refractivity contribution is 0.617. The van der Waals surface area contributed by atoms with E-state index >= 15 is 0 Å². The largest absolute Gasteiger partial charge is 0.309 e. The summed E-state index contributed by atoms with van der Waals surface area (Å²) in [5.41, 5.74) is 11.9. The Morgan fingerprint density at radius 3 is 1.94 bits per heavy atom. The molecule has 8 aromatic rings. The zero-order chi connectivity index (χ0) is 33.9. The standard InChI is InChI=1S/C48H35N3/c1-32-17-8-9-24-37(32)45-44-40-27-10-13-28-41(40)48(34-20-6-3-7-21-34,46(44)50-47(49-45)33-18-4-2-5-19-33)35-22-16-23-36(31-35)51-42-29-14-11-25-38(42)39-26-12-15-30-43(39)51/h2-32,37H,1H3. The highest BCUT2D eigenvalue weighted by Crippen LogP contribution is 2.58. The average Bonchev–Trinajstić information content (AvgIpc) is 3.70. The molecule has 3 unspecified atom stereocenters. The van der Waals surface area contributed by atoms with Gasteiger partial charge in [-0.3, -0.25) is 0 Å². The van der Waals surface area contributed by atoms with Gasteiger partial charge in [0.2, 0.25) is 0 Å². The van der Waals surface area contributed by atoms with Crippen LogP contribution in [0.5, 0.6) is 0 Å². The molecule has 2 aliphatic rings. The third kappa shape index (κ3) is 4.38. The first-order valence-electron chi connectivity index (χ1n) is 17.8. The molecule has 3 nitrogen and oxygen atoms in total. The van der Waals surface area contributed by atoms with E-state index in [1.807, 2.05) is 0 Å². The number of aromatic nitrogens is 3. The van der Waals surface area contributed by atoms with E-state index in [-0.39, 0.29) is 11.8 Å². The van der Waals surface area contributed by atoms with Crippen LogP contribution in [0.1, 0.15) is 40.9 Å². The summed E-state index contributed by atoms with van der Waals surface area (Å²) in [5.74, 6) is 1.15. The molecule has 0 saturated heterocycles. The second-order valence-electron chi connectivity index (χ2n) is 13.8. The number of para-hydroxylation sites is 2. The zero-order valence-corrected chi connectivity index (χ0v) is 28.3. The molecule has 0 aliphatic heterocycles. The Balaban J connectivity index is 1.33. The van der Waals surface area contributed by atoms with E-state index in [0.717, 1.165) is 34.0 Å². The minimum atomic E-state index is -0.694. The van der Waals surface area contributed by atoms with Gasteiger partial charge in [-0.2, -0.15) is 0 Å². The fourth-order valence-corrected chi connectivity index (χ4v) is 8.70. The van der Waals surface area contributed by atoms with Crippen molar-refractivity contribution < 1.29 is 0 Å². The van der Waals surface area contributed by atoms with Gasteiger partial charge in [0, 0.05) is 33.5 Å². The maximum atomic E-state index is 5.66. The Labute approximate surface area is 297 Å². The molecule has 0 bridgehead atoms. The van der Waals surface area contributed by atoms with E-state index < -0.39 is 5.41 Å². The molecular formula is C48H35N3. The number of benzene rings is 6. The Bertz CT molecular complexity index is 2610. The molecule has 6 aromatic carbocycles. The van der Waals surface area contributed by atoms with Crippen LogP contribution in [0.15, 0.2) is 182 Å². The molecule has 0 fully saturated rings. The van der Waals surface area contributed by atoms with Crippen molar-refractivity contribution >= 4 is 21.8 Å². The number of rotatable bonds is 5. The van der Waals surface area contributed by atoms with Gasteiger partial charge in [0.25, 0.3) is 0 Å². The fourth-order valence-electron chi connectivity index (χ4n) is 8.70. The lowest BCUT2D eigenvalue weighted by Crippen LogP contribution is -2.30. The van der Waals surface area contributed by atoms with Crippen LogP contribution in [0.25, 0.3) is 50.0 Å². The number of hydrogen-bond donors (Lipinski definition) is 0. The summed E-state index contributed by atoms with van der Waals surface area (Å²) in [6, 6.07) is 56.9. The van der Waals surface area contributed by atoms with Crippen molar-refractivity contribution in [2.45, 2.75) is 18.3 Å². The van der Waals surface area contributed by atoms with Crippen molar-refractivity contribution in [1.82, 2.24) is 14.5 Å². The Morgan fingerprint density at radius 2 is 1.20 bits per heavy atom. The molecule has 2 aromatic heterocycles. The SMILES string of the molecule is CC1C=CC=CC1c1nc(-c2ccccc2)nc2c1-c1ccccc1C2(c1ccccc1)c1cccc(-n2c3ccccc3c3ccccc32)c1. The molecule has 2 heterocycles. The van der Waals surface area contributed by atoms with E-state index in [1.54, 1.807) is 0 Å². The van der Waals surface area contributed by atoms with Crippen molar-refractivity contribution in [3.05, 3.63) is 210 Å². The van der Waals surface area contributed by atoms with Gasteiger partial charge in [-0.05, 0) is 52.4 Å². The first-order chi connectivity index (χ1) is 25.2. The van der Waals surface area contributed by atoms with Crippen molar-refractivity contribution in [2.75, 3.05) is 0 Å². The molecular weight excluding hydrogens is 619 g/mol. The van der Waals surface area contributed by atoms with Crippen molar-refractivity contribution in [2.24, 2.45) is 5.92 Å². The van der Waals surface area contributed by atoms with Gasteiger partial charge < -0.3 is 4.57 Å². The summed E-state index contributed by atoms with van der Waals surface area (Å²) in [7, 11) is 0. The minimum Gasteiger partial charge on any atom is -0.309 e. The van der Waals surface area contributed by atoms with E-state index in [4.69, 9.17) is 9.97 Å². The molecule has 242 valence electrons. The molecule has 51 heavy (non-hydrogen) atoms. The lowest BCUT2D eigenvalue weighted by Gasteiger charge is -2.33. The first-order valence-corrected chi connectivity index (χ1v) is 17.8. The van der Waals surface area contributed by atoms with Crippen LogP contribution in [0.3, 0.4) is 0 Å². The van der Waals surface area contributed by atoms with Crippen LogP contribution in [0.2, 0.25) is 0 Å². The molecule has 2 aliphatic carbocycles. The molecule has 0 radical (unpaired) electrons. The van der Waals surface area contributed by atoms with Gasteiger partial charge in [-0.15, -0.1) is 0 Å². The number of nitrogens with zero attached hydrogens (tertiary/aromatic N) is 3. The normalized spacial score (nSPS) is 19.0. The second kappa shape index (κ2) is 11.6. The summed E-state index contributed by atoms with van der Waals surface area (Å²) < 4.78 is 2.41. The van der Waals surface area contributed by atoms with Crippen molar-refractivity contribution in [3.63, 3.8) is 0 Å². The Morgan fingerprint density at radius 1 is 0.569 bits per heavy atom. The highest BCUT2D eigenvalue weighted by molar-refractivity contribution is 6.09. The molecule has 0 N–H and O–H groups in total. The van der Waals surface area contributed by atoms with Gasteiger partial charge >= 0.3 is 0 Å². The van der Waals surface area contributed by atoms with Crippen molar-refractivity contribution in [3.8, 4) is 28.2 Å². The average molecular weight is 654 g/mol. The highest BCUT2D eigenvalue weighted by Gasteiger charge is 2.49. The summed E-state index contributed by atoms with van der Waals surface area (Å²) in [5, 5.41) is 2.50. The molecule has 0 amide bonds. The molecule has 0 saturated carbocycles. The van der Waals surface area contributed by atoms with E-state index in [2.05, 4.69) is 194 Å². The summed E-state index contributed by atoms with van der Waals surface area (Å²) in [4.78, 5) is 11.1. The topological polar surface area (TPSA) is 30.7 Å². The van der Waals surface area contributed by atoms with E-state index in [9.17, 15) is 0 Å². The monoisotopic (exact) mass is 653 g/mol. The molecule has 3 atom stereocenters. The van der Waals surface area contributed by atoms with Crippen LogP contribution in [-0.2, 0) is 5.41 Å². The number of allylic oxidation sites excluding steroid dienone is 4. The predicted molar refractivity (Wildman–Crippen MR) is 209 cm³/mol. The van der Waals surface area contributed by atoms with Gasteiger partial charge in [0.1, 0.15) is 0 Å². The maximum absolute atomic E-state index is 5.66. The third-order valence-corrected chi connectivity index (χ3v) is 11.0. The maximum Gasteiger partial charge on any atom is 0.159 e. The molecule has 10 rings (SSSR count). The van der Waals surface area contributed by atoms with Gasteiger partial charge in [0.05, 0.1) is 27.8 Å². The summed E-state index contributed by atoms with van der Waals surface area (Å²) >= 11 is 0. The second-order valence-corrected chi connectivity index (χ2v) is 13.8. The fraction of sp³-hybridized carbons (Fsp3) is 0.0833. The summed E-state index contributed by atoms with van der Waals surface area (Å²) in [6.45, 7) is 2.29. The molecule has 3 heteroatoms. The van der Waals surface area contributed by atoms with Crippen LogP contribution in [0, 0.1) is 5.92 Å². The molecule has 0 spiro atoms. The predicted octanol–water partition coefficient (Wildman–Crippen LogP) is 11.4. The Hall–Kier alpha value is -6.32. The lowest BCUT2D eigenvalue weighted by atomic mass is 9.69. The van der Waals surface area contributed by atoms with Gasteiger partial charge in [-0.1, -0.05) is 165 Å². The zero-order valence-electron chi connectivity index (χ0n) is 28.3. The summed E-state index contributed by atoms with van der Waals surface area (Å²) in [6.07, 6.45) is 8.93. The third-order valence-electron chi connectivity index (χ3n) is 11.0. The van der Waals surface area contributed by atoms with Crippen LogP contribution >= 0.6 is 0 Å².